The van der Waals surface area contributed by atoms with E-state index >= 15 is 0 Å². The molecule has 1 aliphatic carbocycles. The highest BCUT2D eigenvalue weighted by molar-refractivity contribution is 5.91. The van der Waals surface area contributed by atoms with Gasteiger partial charge in [0.15, 0.2) is 5.65 Å². The molecule has 0 unspecified atom stereocenters. The first-order chi connectivity index (χ1) is 15.5. The second-order valence-electron chi connectivity index (χ2n) is 9.45. The van der Waals surface area contributed by atoms with Crippen molar-refractivity contribution in [2.24, 2.45) is 5.92 Å². The zero-order chi connectivity index (χ0) is 22.3. The zero-order valence-corrected chi connectivity index (χ0v) is 18.6. The van der Waals surface area contributed by atoms with Crippen LogP contribution >= 0.6 is 0 Å². The maximum Gasteiger partial charge on any atom is 0.272 e. The third-order valence-electron chi connectivity index (χ3n) is 6.93. The van der Waals surface area contributed by atoms with Crippen LogP contribution in [0.3, 0.4) is 0 Å². The van der Waals surface area contributed by atoms with E-state index in [1.165, 1.54) is 4.52 Å². The predicted molar refractivity (Wildman–Crippen MR) is 122 cm³/mol. The number of ether oxygens (including phenoxy) is 1. The van der Waals surface area contributed by atoms with E-state index in [4.69, 9.17) is 9.72 Å². The van der Waals surface area contributed by atoms with Crippen LogP contribution < -0.4 is 10.9 Å². The molecule has 1 atom stereocenters. The van der Waals surface area contributed by atoms with Crippen LogP contribution in [0.5, 0.6) is 0 Å². The summed E-state index contributed by atoms with van der Waals surface area (Å²) in [7, 11) is 0. The highest BCUT2D eigenvalue weighted by Crippen LogP contribution is 2.48. The van der Waals surface area contributed by atoms with Gasteiger partial charge in [0.2, 0.25) is 5.91 Å². The van der Waals surface area contributed by atoms with Gasteiger partial charge in [0.25, 0.3) is 5.56 Å². The van der Waals surface area contributed by atoms with Gasteiger partial charge in [-0.05, 0) is 37.2 Å². The number of carbonyl (C=O) groups is 1. The fourth-order valence-corrected chi connectivity index (χ4v) is 4.80. The summed E-state index contributed by atoms with van der Waals surface area (Å²) in [5.74, 6) is 0.449. The first-order valence-corrected chi connectivity index (χ1v) is 11.5. The third-order valence-corrected chi connectivity index (χ3v) is 6.93. The van der Waals surface area contributed by atoms with Crippen LogP contribution in [0.1, 0.15) is 68.4 Å². The SMILES string of the molecule is CC(C)[C@@H](NC(=O)C1(c2ccccc2)CC1)c1cc(=O)n2[nH]c(C3CCOCC3)cc2n1. The average Bonchev–Trinajstić information content (AvgIpc) is 3.51. The summed E-state index contributed by atoms with van der Waals surface area (Å²) < 4.78 is 6.96. The molecule has 5 rings (SSSR count). The Balaban J connectivity index is 1.44. The van der Waals surface area contributed by atoms with E-state index in [1.54, 1.807) is 6.07 Å². The Morgan fingerprint density at radius 2 is 1.91 bits per heavy atom. The quantitative estimate of drug-likeness (QED) is 0.622. The van der Waals surface area contributed by atoms with Crippen molar-refractivity contribution < 1.29 is 9.53 Å². The summed E-state index contributed by atoms with van der Waals surface area (Å²) in [6.07, 6.45) is 3.55. The molecule has 0 bridgehead atoms. The van der Waals surface area contributed by atoms with Crippen LogP contribution in [-0.4, -0.2) is 33.7 Å². The summed E-state index contributed by atoms with van der Waals surface area (Å²) >= 11 is 0. The van der Waals surface area contributed by atoms with Crippen LogP contribution in [0.4, 0.5) is 0 Å². The Morgan fingerprint density at radius 1 is 1.19 bits per heavy atom. The molecule has 0 spiro atoms. The molecular weight excluding hydrogens is 404 g/mol. The maximum absolute atomic E-state index is 13.3. The summed E-state index contributed by atoms with van der Waals surface area (Å²) in [5.41, 5.74) is 2.65. The second-order valence-corrected chi connectivity index (χ2v) is 9.45. The number of hydrogen-bond acceptors (Lipinski definition) is 4. The van der Waals surface area contributed by atoms with Gasteiger partial charge in [0.05, 0.1) is 17.2 Å². The number of H-pyrrole nitrogens is 1. The summed E-state index contributed by atoms with van der Waals surface area (Å²) in [5, 5.41) is 6.44. The second kappa shape index (κ2) is 8.20. The molecule has 1 amide bonds. The lowest BCUT2D eigenvalue weighted by molar-refractivity contribution is -0.124. The Bertz CT molecular complexity index is 1170. The minimum atomic E-state index is -0.460. The number of aromatic amines is 1. The molecule has 3 heterocycles. The van der Waals surface area contributed by atoms with E-state index in [-0.39, 0.29) is 23.4 Å². The number of amides is 1. The molecule has 3 aromatic rings. The van der Waals surface area contributed by atoms with Gasteiger partial charge in [-0.15, -0.1) is 0 Å². The largest absolute Gasteiger partial charge is 0.381 e. The molecule has 1 saturated carbocycles. The monoisotopic (exact) mass is 434 g/mol. The molecule has 1 saturated heterocycles. The fourth-order valence-electron chi connectivity index (χ4n) is 4.80. The molecular formula is C25H30N4O3. The van der Waals surface area contributed by atoms with Gasteiger partial charge < -0.3 is 10.1 Å². The van der Waals surface area contributed by atoms with Crippen molar-refractivity contribution in [3.8, 4) is 0 Å². The average molecular weight is 435 g/mol. The molecule has 2 N–H and O–H groups in total. The van der Waals surface area contributed by atoms with Gasteiger partial charge in [-0.25, -0.2) is 9.50 Å². The molecule has 32 heavy (non-hydrogen) atoms. The van der Waals surface area contributed by atoms with Crippen LogP contribution in [0.25, 0.3) is 5.65 Å². The van der Waals surface area contributed by atoms with Crippen molar-refractivity contribution in [2.45, 2.75) is 56.9 Å². The number of aromatic nitrogens is 3. The maximum atomic E-state index is 13.3. The summed E-state index contributed by atoms with van der Waals surface area (Å²) in [6, 6.07) is 13.1. The van der Waals surface area contributed by atoms with E-state index in [2.05, 4.69) is 10.4 Å². The standard InChI is InChI=1S/C25H30N4O3/c1-16(2)23(27-24(31)25(10-11-25)18-6-4-3-5-7-18)20-15-22(30)29-21(26-20)14-19(28-29)17-8-12-32-13-9-17/h3-7,14-17,23,28H,8-13H2,1-2H3,(H,27,31)/t23-/m1/s1. The van der Waals surface area contributed by atoms with Gasteiger partial charge in [0.1, 0.15) is 0 Å². The highest BCUT2D eigenvalue weighted by atomic mass is 16.5. The minimum absolute atomic E-state index is 0.0152. The van der Waals surface area contributed by atoms with E-state index < -0.39 is 5.41 Å². The lowest BCUT2D eigenvalue weighted by Gasteiger charge is -2.25. The lowest BCUT2D eigenvalue weighted by atomic mass is 9.93. The number of carbonyl (C=O) groups excluding carboxylic acids is 1. The number of nitrogens with one attached hydrogen (secondary N) is 2. The van der Waals surface area contributed by atoms with Crippen molar-refractivity contribution in [2.75, 3.05) is 13.2 Å². The first-order valence-electron chi connectivity index (χ1n) is 11.5. The van der Waals surface area contributed by atoms with Crippen LogP contribution in [0.2, 0.25) is 0 Å². The molecule has 2 fully saturated rings. The molecule has 2 aliphatic rings. The molecule has 0 radical (unpaired) electrons. The Hall–Kier alpha value is -2.93. The van der Waals surface area contributed by atoms with Crippen LogP contribution in [0, 0.1) is 5.92 Å². The van der Waals surface area contributed by atoms with Crippen molar-refractivity contribution in [1.82, 2.24) is 19.9 Å². The molecule has 1 aliphatic heterocycles. The Kier molecular flexibility index (Phi) is 5.37. The van der Waals surface area contributed by atoms with Crippen molar-refractivity contribution in [3.05, 3.63) is 69.8 Å². The number of benzene rings is 1. The van der Waals surface area contributed by atoms with E-state index in [1.807, 2.05) is 50.2 Å². The minimum Gasteiger partial charge on any atom is -0.381 e. The summed E-state index contributed by atoms with van der Waals surface area (Å²) in [4.78, 5) is 31.0. The zero-order valence-electron chi connectivity index (χ0n) is 18.6. The molecule has 2 aromatic heterocycles. The topological polar surface area (TPSA) is 88.5 Å². The van der Waals surface area contributed by atoms with Crippen molar-refractivity contribution >= 4 is 11.6 Å². The normalized spacial score (nSPS) is 19.2. The number of fused-ring (bicyclic) bond motifs is 1. The molecule has 7 nitrogen and oxygen atoms in total. The van der Waals surface area contributed by atoms with Crippen molar-refractivity contribution in [1.29, 1.82) is 0 Å². The Morgan fingerprint density at radius 3 is 2.56 bits per heavy atom. The van der Waals surface area contributed by atoms with E-state index in [0.29, 0.717) is 17.3 Å². The van der Waals surface area contributed by atoms with E-state index in [9.17, 15) is 9.59 Å². The van der Waals surface area contributed by atoms with Crippen LogP contribution in [-0.2, 0) is 14.9 Å². The first kappa shape index (κ1) is 20.9. The van der Waals surface area contributed by atoms with Gasteiger partial charge in [-0.2, -0.15) is 0 Å². The lowest BCUT2D eigenvalue weighted by Crippen LogP contribution is -2.40. The molecule has 1 aromatic carbocycles. The summed E-state index contributed by atoms with van der Waals surface area (Å²) in [6.45, 7) is 5.55. The van der Waals surface area contributed by atoms with Crippen LogP contribution in [0.15, 0.2) is 47.3 Å². The van der Waals surface area contributed by atoms with Gasteiger partial charge in [0, 0.05) is 37.0 Å². The van der Waals surface area contributed by atoms with Gasteiger partial charge in [-0.3, -0.25) is 14.7 Å². The Labute approximate surface area is 187 Å². The number of nitrogens with zero attached hydrogens (tertiary/aromatic N) is 2. The van der Waals surface area contributed by atoms with Gasteiger partial charge >= 0.3 is 0 Å². The fraction of sp³-hybridized carbons (Fsp3) is 0.480. The third kappa shape index (κ3) is 3.75. The number of hydrogen-bond donors (Lipinski definition) is 2. The predicted octanol–water partition coefficient (Wildman–Crippen LogP) is 3.46. The van der Waals surface area contributed by atoms with Gasteiger partial charge in [-0.1, -0.05) is 44.2 Å². The highest BCUT2D eigenvalue weighted by Gasteiger charge is 2.51. The molecule has 168 valence electrons. The van der Waals surface area contributed by atoms with E-state index in [0.717, 1.165) is 50.2 Å². The number of rotatable bonds is 6. The van der Waals surface area contributed by atoms with Crippen molar-refractivity contribution in [3.63, 3.8) is 0 Å². The molecule has 7 heteroatoms. The smallest absolute Gasteiger partial charge is 0.272 e.